The lowest BCUT2D eigenvalue weighted by atomic mass is 10.1. The van der Waals surface area contributed by atoms with Gasteiger partial charge in [0.1, 0.15) is 25.8 Å². The van der Waals surface area contributed by atoms with Crippen molar-refractivity contribution in [2.24, 2.45) is 0 Å². The van der Waals surface area contributed by atoms with Gasteiger partial charge in [0, 0.05) is 18.7 Å². The molecule has 0 radical (unpaired) electrons. The van der Waals surface area contributed by atoms with E-state index in [2.05, 4.69) is 5.32 Å². The Bertz CT molecular complexity index is 1200. The van der Waals surface area contributed by atoms with Crippen molar-refractivity contribution < 1.29 is 27.5 Å². The second-order valence-corrected chi connectivity index (χ2v) is 11.1. The first-order valence-corrected chi connectivity index (χ1v) is 13.9. The molecule has 10 heteroatoms. The number of aryl methyl sites for hydroxylation is 1. The lowest BCUT2D eigenvalue weighted by Gasteiger charge is -2.33. The minimum atomic E-state index is -3.84. The second-order valence-electron chi connectivity index (χ2n) is 9.20. The molecular weight excluding hydrogens is 482 g/mol. The quantitative estimate of drug-likeness (QED) is 0.520. The van der Waals surface area contributed by atoms with Gasteiger partial charge in [-0.2, -0.15) is 0 Å². The summed E-state index contributed by atoms with van der Waals surface area (Å²) in [6.45, 7) is 7.95. The third-order valence-electron chi connectivity index (χ3n) is 5.75. The van der Waals surface area contributed by atoms with Crippen LogP contribution in [0.4, 0.5) is 5.69 Å². The van der Waals surface area contributed by atoms with Crippen LogP contribution in [0.1, 0.15) is 38.3 Å². The fourth-order valence-corrected chi connectivity index (χ4v) is 4.95. The van der Waals surface area contributed by atoms with E-state index in [9.17, 15) is 18.0 Å². The number of carbonyl (C=O) groups is 2. The van der Waals surface area contributed by atoms with Gasteiger partial charge < -0.3 is 19.7 Å². The van der Waals surface area contributed by atoms with Gasteiger partial charge in [-0.25, -0.2) is 8.42 Å². The summed E-state index contributed by atoms with van der Waals surface area (Å²) in [4.78, 5) is 28.2. The number of hydrogen-bond acceptors (Lipinski definition) is 6. The van der Waals surface area contributed by atoms with E-state index in [0.29, 0.717) is 31.1 Å². The van der Waals surface area contributed by atoms with Crippen LogP contribution in [0.5, 0.6) is 11.5 Å². The number of carbonyl (C=O) groups excluding carboxylic acids is 2. The molecule has 1 heterocycles. The summed E-state index contributed by atoms with van der Waals surface area (Å²) in [7, 11) is -3.84. The van der Waals surface area contributed by atoms with Gasteiger partial charge in [0.2, 0.25) is 21.8 Å². The highest BCUT2D eigenvalue weighted by molar-refractivity contribution is 7.92. The van der Waals surface area contributed by atoms with Gasteiger partial charge >= 0.3 is 0 Å². The first-order valence-electron chi connectivity index (χ1n) is 12.0. The van der Waals surface area contributed by atoms with Gasteiger partial charge in [0.25, 0.3) is 0 Å². The minimum Gasteiger partial charge on any atom is -0.486 e. The van der Waals surface area contributed by atoms with E-state index in [1.165, 1.54) is 4.90 Å². The van der Waals surface area contributed by atoms with Gasteiger partial charge in [0.15, 0.2) is 11.5 Å². The van der Waals surface area contributed by atoms with Crippen molar-refractivity contribution in [3.8, 4) is 11.5 Å². The van der Waals surface area contributed by atoms with Gasteiger partial charge in [-0.1, -0.05) is 36.8 Å². The SMILES string of the molecule is CC[C@H](C(=O)NC(C)C)N(Cc1cccc(C)c1)C(=O)CN(c1ccc2c(c1)OCCO2)S(C)(=O)=O. The van der Waals surface area contributed by atoms with Gasteiger partial charge in [0.05, 0.1) is 11.9 Å². The van der Waals surface area contributed by atoms with E-state index in [0.717, 1.165) is 21.7 Å². The van der Waals surface area contributed by atoms with Gasteiger partial charge in [-0.3, -0.25) is 13.9 Å². The average Bonchev–Trinajstić information content (AvgIpc) is 2.80. The molecule has 3 rings (SSSR count). The Labute approximate surface area is 213 Å². The lowest BCUT2D eigenvalue weighted by Crippen LogP contribution is -2.53. The van der Waals surface area contributed by atoms with E-state index in [1.54, 1.807) is 18.2 Å². The molecule has 36 heavy (non-hydrogen) atoms. The van der Waals surface area contributed by atoms with Crippen LogP contribution in [-0.2, 0) is 26.2 Å². The maximum Gasteiger partial charge on any atom is 0.244 e. The molecule has 0 fully saturated rings. The normalized spacial score (nSPS) is 13.7. The van der Waals surface area contributed by atoms with Crippen LogP contribution < -0.4 is 19.1 Å². The molecule has 1 aliphatic rings. The van der Waals surface area contributed by atoms with E-state index >= 15 is 0 Å². The monoisotopic (exact) mass is 517 g/mol. The Kier molecular flexibility index (Phi) is 8.84. The van der Waals surface area contributed by atoms with Crippen LogP contribution in [0.15, 0.2) is 42.5 Å². The number of hydrogen-bond donors (Lipinski definition) is 1. The maximum absolute atomic E-state index is 13.7. The fraction of sp³-hybridized carbons (Fsp3) is 0.462. The Hall–Kier alpha value is -3.27. The fourth-order valence-electron chi connectivity index (χ4n) is 4.11. The number of nitrogens with one attached hydrogen (secondary N) is 1. The zero-order valence-corrected chi connectivity index (χ0v) is 22.3. The van der Waals surface area contributed by atoms with Crippen LogP contribution in [0.2, 0.25) is 0 Å². The predicted octanol–water partition coefficient (Wildman–Crippen LogP) is 2.86. The number of amides is 2. The number of sulfonamides is 1. The molecule has 1 atom stereocenters. The number of rotatable bonds is 10. The van der Waals surface area contributed by atoms with Crippen LogP contribution in [0.25, 0.3) is 0 Å². The standard InChI is InChI=1S/C26H35N3O6S/c1-6-22(26(31)27-18(2)3)28(16-20-9-7-8-19(4)14-20)25(30)17-29(36(5,32)33)21-10-11-23-24(15-21)35-13-12-34-23/h7-11,14-15,18,22H,6,12-13,16-17H2,1-5H3,(H,27,31)/t22-/m1/s1. The molecule has 0 spiro atoms. The Morgan fingerprint density at radius 3 is 2.36 bits per heavy atom. The van der Waals surface area contributed by atoms with Crippen LogP contribution >= 0.6 is 0 Å². The Balaban J connectivity index is 1.96. The maximum atomic E-state index is 13.7. The van der Waals surface area contributed by atoms with E-state index in [-0.39, 0.29) is 24.2 Å². The highest BCUT2D eigenvalue weighted by Crippen LogP contribution is 2.34. The summed E-state index contributed by atoms with van der Waals surface area (Å²) < 4.78 is 37.7. The molecule has 196 valence electrons. The van der Waals surface area contributed by atoms with E-state index in [4.69, 9.17) is 9.47 Å². The number of fused-ring (bicyclic) bond motifs is 1. The molecule has 0 saturated carbocycles. The largest absolute Gasteiger partial charge is 0.486 e. The summed E-state index contributed by atoms with van der Waals surface area (Å²) >= 11 is 0. The summed E-state index contributed by atoms with van der Waals surface area (Å²) in [5, 5.41) is 2.88. The Morgan fingerprint density at radius 2 is 1.75 bits per heavy atom. The molecule has 2 aromatic rings. The third-order valence-corrected chi connectivity index (χ3v) is 6.89. The molecule has 0 aromatic heterocycles. The van der Waals surface area contributed by atoms with Gasteiger partial charge in [-0.15, -0.1) is 0 Å². The molecule has 1 N–H and O–H groups in total. The van der Waals surface area contributed by atoms with Crippen molar-refractivity contribution in [2.45, 2.75) is 52.7 Å². The van der Waals surface area contributed by atoms with Crippen molar-refractivity contribution in [3.63, 3.8) is 0 Å². The summed E-state index contributed by atoms with van der Waals surface area (Å²) in [6, 6.07) is 11.6. The molecule has 1 aliphatic heterocycles. The molecule has 0 aliphatic carbocycles. The molecule has 0 bridgehead atoms. The van der Waals surface area contributed by atoms with Gasteiger partial charge in [-0.05, 0) is 44.9 Å². The highest BCUT2D eigenvalue weighted by atomic mass is 32.2. The molecule has 0 saturated heterocycles. The van der Waals surface area contributed by atoms with Crippen molar-refractivity contribution in [1.82, 2.24) is 10.2 Å². The first kappa shape index (κ1) is 27.3. The molecule has 9 nitrogen and oxygen atoms in total. The number of anilines is 1. The smallest absolute Gasteiger partial charge is 0.244 e. The lowest BCUT2D eigenvalue weighted by molar-refractivity contribution is -0.140. The van der Waals surface area contributed by atoms with E-state index < -0.39 is 28.5 Å². The van der Waals surface area contributed by atoms with Crippen molar-refractivity contribution in [2.75, 3.05) is 30.3 Å². The number of nitrogens with zero attached hydrogens (tertiary/aromatic N) is 2. The summed E-state index contributed by atoms with van der Waals surface area (Å²) in [6.07, 6.45) is 1.42. The topological polar surface area (TPSA) is 105 Å². The minimum absolute atomic E-state index is 0.104. The predicted molar refractivity (Wildman–Crippen MR) is 139 cm³/mol. The van der Waals surface area contributed by atoms with E-state index in [1.807, 2.05) is 52.0 Å². The third kappa shape index (κ3) is 6.90. The number of benzene rings is 2. The van der Waals surface area contributed by atoms with Crippen LogP contribution in [0, 0.1) is 6.92 Å². The van der Waals surface area contributed by atoms with Crippen molar-refractivity contribution in [3.05, 3.63) is 53.6 Å². The molecular formula is C26H35N3O6S. The first-order chi connectivity index (χ1) is 17.0. The van der Waals surface area contributed by atoms with Crippen LogP contribution in [-0.4, -0.2) is 63.2 Å². The molecule has 2 aromatic carbocycles. The summed E-state index contributed by atoms with van der Waals surface area (Å²) in [5.74, 6) is 0.169. The highest BCUT2D eigenvalue weighted by Gasteiger charge is 2.32. The van der Waals surface area contributed by atoms with Crippen LogP contribution in [0.3, 0.4) is 0 Å². The molecule has 0 unspecified atom stereocenters. The van der Waals surface area contributed by atoms with Crippen molar-refractivity contribution in [1.29, 1.82) is 0 Å². The second kappa shape index (κ2) is 11.6. The Morgan fingerprint density at radius 1 is 1.06 bits per heavy atom. The molecule has 2 amide bonds. The number of ether oxygens (including phenoxy) is 2. The van der Waals surface area contributed by atoms with Crippen molar-refractivity contribution >= 4 is 27.5 Å². The zero-order chi connectivity index (χ0) is 26.5. The summed E-state index contributed by atoms with van der Waals surface area (Å²) in [5.41, 5.74) is 2.16. The average molecular weight is 518 g/mol. The zero-order valence-electron chi connectivity index (χ0n) is 21.5.